The first-order valence-corrected chi connectivity index (χ1v) is 6.57. The Kier molecular flexibility index (Phi) is 3.24. The van der Waals surface area contributed by atoms with Gasteiger partial charge in [0, 0.05) is 6.54 Å². The summed E-state index contributed by atoms with van der Waals surface area (Å²) in [4.78, 5) is 22.8. The highest BCUT2D eigenvalue weighted by molar-refractivity contribution is 5.78. The molecule has 0 aromatic carbocycles. The summed E-state index contributed by atoms with van der Waals surface area (Å²) in [7, 11) is 0. The van der Waals surface area contributed by atoms with Crippen LogP contribution < -0.4 is 5.32 Å². The first-order valence-electron chi connectivity index (χ1n) is 6.57. The molecular weight excluding hydrogens is 250 g/mol. The Bertz CT molecular complexity index is 390. The number of rotatable bonds is 3. The fourth-order valence-corrected chi connectivity index (χ4v) is 2.75. The summed E-state index contributed by atoms with van der Waals surface area (Å²) in [5, 5.41) is 11.9. The second-order valence-corrected chi connectivity index (χ2v) is 6.44. The quantitative estimate of drug-likeness (QED) is 0.815. The van der Waals surface area contributed by atoms with Crippen molar-refractivity contribution in [1.82, 2.24) is 5.32 Å². The van der Waals surface area contributed by atoms with Crippen LogP contribution in [0.5, 0.6) is 0 Å². The van der Waals surface area contributed by atoms with E-state index in [-0.39, 0.29) is 0 Å². The normalized spacial score (nSPS) is 33.2. The molecule has 0 aromatic heterocycles. The van der Waals surface area contributed by atoms with Crippen molar-refractivity contribution < 1.29 is 24.2 Å². The number of aliphatic carboxylic acids is 1. The van der Waals surface area contributed by atoms with E-state index in [0.717, 1.165) is 0 Å². The summed E-state index contributed by atoms with van der Waals surface area (Å²) in [5.41, 5.74) is -2.11. The van der Waals surface area contributed by atoms with Gasteiger partial charge in [-0.25, -0.2) is 9.59 Å². The van der Waals surface area contributed by atoms with Gasteiger partial charge in [0.25, 0.3) is 0 Å². The van der Waals surface area contributed by atoms with Crippen LogP contribution in [0.25, 0.3) is 0 Å². The van der Waals surface area contributed by atoms with Gasteiger partial charge in [-0.2, -0.15) is 0 Å². The van der Waals surface area contributed by atoms with Crippen molar-refractivity contribution in [2.24, 2.45) is 0 Å². The molecule has 19 heavy (non-hydrogen) atoms. The van der Waals surface area contributed by atoms with E-state index >= 15 is 0 Å². The Labute approximate surface area is 112 Å². The van der Waals surface area contributed by atoms with E-state index in [0.29, 0.717) is 32.2 Å². The molecule has 108 valence electrons. The SMILES string of the molecule is CC(C)(C)OC(=O)NCC12CCC(C(=O)O)(CC1)O2. The molecule has 2 rings (SSSR count). The molecule has 0 unspecified atom stereocenters. The Hall–Kier alpha value is -1.30. The summed E-state index contributed by atoms with van der Waals surface area (Å²) in [5.74, 6) is -0.899. The van der Waals surface area contributed by atoms with Crippen molar-refractivity contribution >= 4 is 12.1 Å². The second kappa shape index (κ2) is 4.37. The lowest BCUT2D eigenvalue weighted by Crippen LogP contribution is -2.43. The highest BCUT2D eigenvalue weighted by atomic mass is 16.6. The minimum absolute atomic E-state index is 0.303. The number of carbonyl (C=O) groups excluding carboxylic acids is 1. The number of amides is 1. The number of carboxylic acids is 1. The van der Waals surface area contributed by atoms with Gasteiger partial charge in [0.2, 0.25) is 0 Å². The van der Waals surface area contributed by atoms with Crippen molar-refractivity contribution in [2.75, 3.05) is 6.54 Å². The molecule has 2 aliphatic heterocycles. The van der Waals surface area contributed by atoms with Crippen LogP contribution in [0.4, 0.5) is 4.79 Å². The fraction of sp³-hybridized carbons (Fsp3) is 0.846. The molecular formula is C13H21NO5. The third-order valence-corrected chi connectivity index (χ3v) is 3.72. The second-order valence-electron chi connectivity index (χ2n) is 6.44. The highest BCUT2D eigenvalue weighted by Gasteiger charge is 2.59. The number of ether oxygens (including phenoxy) is 2. The fourth-order valence-electron chi connectivity index (χ4n) is 2.75. The summed E-state index contributed by atoms with van der Waals surface area (Å²) >= 11 is 0. The molecule has 6 heteroatoms. The predicted molar refractivity (Wildman–Crippen MR) is 66.9 cm³/mol. The maximum absolute atomic E-state index is 11.6. The van der Waals surface area contributed by atoms with Crippen molar-refractivity contribution in [3.63, 3.8) is 0 Å². The zero-order chi connectivity index (χ0) is 14.3. The smallest absolute Gasteiger partial charge is 0.407 e. The van der Waals surface area contributed by atoms with E-state index in [1.165, 1.54) is 0 Å². The van der Waals surface area contributed by atoms with Gasteiger partial charge in [0.05, 0.1) is 5.60 Å². The Balaban J connectivity index is 1.88. The molecule has 2 N–H and O–H groups in total. The van der Waals surface area contributed by atoms with Gasteiger partial charge in [-0.1, -0.05) is 0 Å². The molecule has 0 aromatic rings. The number of carbonyl (C=O) groups is 2. The Morgan fingerprint density at radius 1 is 1.26 bits per heavy atom. The van der Waals surface area contributed by atoms with Crippen molar-refractivity contribution in [3.05, 3.63) is 0 Å². The zero-order valence-corrected chi connectivity index (χ0v) is 11.6. The number of nitrogens with one attached hydrogen (secondary N) is 1. The van der Waals surface area contributed by atoms with E-state index in [1.54, 1.807) is 20.8 Å². The standard InChI is InChI=1S/C13H21NO5/c1-11(2,3)18-10(17)14-8-12-4-6-13(19-12,7-5-12)9(15)16/h4-8H2,1-3H3,(H,14,17)(H,15,16). The maximum Gasteiger partial charge on any atom is 0.407 e. The molecule has 0 saturated carbocycles. The van der Waals surface area contributed by atoms with Gasteiger partial charge in [0.15, 0.2) is 5.60 Å². The predicted octanol–water partition coefficient (Wildman–Crippen LogP) is 1.68. The summed E-state index contributed by atoms with van der Waals surface area (Å²) in [6, 6.07) is 0. The van der Waals surface area contributed by atoms with E-state index in [9.17, 15) is 14.7 Å². The van der Waals surface area contributed by atoms with Crippen LogP contribution in [0.1, 0.15) is 46.5 Å². The average Bonchev–Trinajstić information content (AvgIpc) is 2.82. The molecule has 0 radical (unpaired) electrons. The Morgan fingerprint density at radius 2 is 1.84 bits per heavy atom. The van der Waals surface area contributed by atoms with E-state index in [1.807, 2.05) is 0 Å². The molecule has 2 heterocycles. The van der Waals surface area contributed by atoms with Gasteiger partial charge in [-0.3, -0.25) is 0 Å². The molecule has 0 atom stereocenters. The molecule has 0 aliphatic carbocycles. The van der Waals surface area contributed by atoms with Gasteiger partial charge in [0.1, 0.15) is 5.60 Å². The third-order valence-electron chi connectivity index (χ3n) is 3.72. The molecule has 2 aliphatic rings. The molecule has 6 nitrogen and oxygen atoms in total. The maximum atomic E-state index is 11.6. The molecule has 1 amide bonds. The first kappa shape index (κ1) is 14.1. The number of carboxylic acid groups (broad SMARTS) is 1. The lowest BCUT2D eigenvalue weighted by molar-refractivity contribution is -0.162. The van der Waals surface area contributed by atoms with Crippen LogP contribution in [-0.2, 0) is 14.3 Å². The number of alkyl carbamates (subject to hydrolysis) is 1. The van der Waals surface area contributed by atoms with Crippen molar-refractivity contribution in [1.29, 1.82) is 0 Å². The minimum Gasteiger partial charge on any atom is -0.479 e. The average molecular weight is 271 g/mol. The molecule has 2 fully saturated rings. The number of fused-ring (bicyclic) bond motifs is 2. The van der Waals surface area contributed by atoms with E-state index in [4.69, 9.17) is 9.47 Å². The van der Waals surface area contributed by atoms with Crippen LogP contribution in [0.2, 0.25) is 0 Å². The lowest BCUT2D eigenvalue weighted by Gasteiger charge is -2.26. The Morgan fingerprint density at radius 3 is 2.26 bits per heavy atom. The van der Waals surface area contributed by atoms with E-state index in [2.05, 4.69) is 5.32 Å². The lowest BCUT2D eigenvalue weighted by atomic mass is 9.82. The van der Waals surface area contributed by atoms with Crippen LogP contribution in [0.15, 0.2) is 0 Å². The minimum atomic E-state index is -1.03. The van der Waals surface area contributed by atoms with Crippen molar-refractivity contribution in [3.8, 4) is 0 Å². The molecule has 2 saturated heterocycles. The van der Waals surface area contributed by atoms with Gasteiger partial charge < -0.3 is 19.9 Å². The third kappa shape index (κ3) is 2.83. The number of hydrogen-bond acceptors (Lipinski definition) is 4. The van der Waals surface area contributed by atoms with E-state index < -0.39 is 28.9 Å². The van der Waals surface area contributed by atoms with Gasteiger partial charge >= 0.3 is 12.1 Å². The first-order chi connectivity index (χ1) is 8.67. The van der Waals surface area contributed by atoms with Crippen LogP contribution >= 0.6 is 0 Å². The molecule has 2 bridgehead atoms. The van der Waals surface area contributed by atoms with Crippen LogP contribution in [0, 0.1) is 0 Å². The zero-order valence-electron chi connectivity index (χ0n) is 11.6. The molecule has 0 spiro atoms. The summed E-state index contributed by atoms with van der Waals surface area (Å²) in [6.45, 7) is 5.68. The highest BCUT2D eigenvalue weighted by Crippen LogP contribution is 2.50. The number of hydrogen-bond donors (Lipinski definition) is 2. The van der Waals surface area contributed by atoms with Gasteiger partial charge in [-0.15, -0.1) is 0 Å². The van der Waals surface area contributed by atoms with Crippen molar-refractivity contribution in [2.45, 2.75) is 63.3 Å². The monoisotopic (exact) mass is 271 g/mol. The topological polar surface area (TPSA) is 84.9 Å². The van der Waals surface area contributed by atoms with Crippen LogP contribution in [0.3, 0.4) is 0 Å². The summed E-state index contributed by atoms with van der Waals surface area (Å²) < 4.78 is 10.9. The largest absolute Gasteiger partial charge is 0.479 e. The van der Waals surface area contributed by atoms with Gasteiger partial charge in [-0.05, 0) is 46.5 Å². The summed E-state index contributed by atoms with van der Waals surface area (Å²) in [6.07, 6.45) is 1.85. The van der Waals surface area contributed by atoms with Crippen LogP contribution in [-0.4, -0.2) is 40.5 Å².